The van der Waals surface area contributed by atoms with Gasteiger partial charge in [-0.3, -0.25) is 9.59 Å². The Morgan fingerprint density at radius 2 is 0.925 bits per heavy atom. The van der Waals surface area contributed by atoms with Crippen molar-refractivity contribution in [1.82, 2.24) is 5.32 Å². The van der Waals surface area contributed by atoms with Crippen LogP contribution in [0.3, 0.4) is 0 Å². The minimum absolute atomic E-state index is 0.0504. The Morgan fingerprint density at radius 1 is 0.525 bits per heavy atom. The van der Waals surface area contributed by atoms with Gasteiger partial charge in [0.25, 0.3) is 0 Å². The zero-order valence-corrected chi connectivity index (χ0v) is 27.7. The average Bonchev–Trinajstić information content (AvgIpc) is 2.92. The molecule has 0 radical (unpaired) electrons. The second kappa shape index (κ2) is 29.4. The van der Waals surface area contributed by atoms with Crippen LogP contribution in [0.2, 0.25) is 0 Å². The van der Waals surface area contributed by atoms with Gasteiger partial charge in [0.1, 0.15) is 13.2 Å². The summed E-state index contributed by atoms with van der Waals surface area (Å²) >= 11 is 0. The topological polar surface area (TPSA) is 55.4 Å². The molecule has 1 amide bonds. The summed E-state index contributed by atoms with van der Waals surface area (Å²) in [6.45, 7) is 7.53. The Morgan fingerprint density at radius 3 is 1.38 bits per heavy atom. The minimum atomic E-state index is -0.0504. The lowest BCUT2D eigenvalue weighted by Gasteiger charge is -2.29. The predicted molar refractivity (Wildman–Crippen MR) is 173 cm³/mol. The van der Waals surface area contributed by atoms with E-state index in [1.54, 1.807) is 0 Å². The molecule has 0 spiro atoms. The maximum atomic E-state index is 12.1. The summed E-state index contributed by atoms with van der Waals surface area (Å²) in [6, 6.07) is 0. The molecule has 0 fully saturated rings. The maximum Gasteiger partial charge on any atom is 0.305 e. The number of ether oxygens (including phenoxy) is 1. The Bertz CT molecular complexity index is 565. The smallest absolute Gasteiger partial charge is 0.305 e. The van der Waals surface area contributed by atoms with Crippen molar-refractivity contribution in [2.45, 2.75) is 174 Å². The van der Waals surface area contributed by atoms with E-state index >= 15 is 0 Å². The highest BCUT2D eigenvalue weighted by molar-refractivity contribution is 5.75. The Balaban J connectivity index is 3.52. The normalized spacial score (nSPS) is 11.6. The van der Waals surface area contributed by atoms with Crippen LogP contribution in [0.25, 0.3) is 0 Å². The number of likely N-dealkylation sites (N-methyl/N-ethyl adjacent to an activating group) is 1. The van der Waals surface area contributed by atoms with Gasteiger partial charge in [-0.1, -0.05) is 142 Å². The van der Waals surface area contributed by atoms with Crippen LogP contribution in [0.15, 0.2) is 0 Å². The van der Waals surface area contributed by atoms with Crippen molar-refractivity contribution in [3.63, 3.8) is 0 Å². The average molecular weight is 568 g/mol. The van der Waals surface area contributed by atoms with Crippen molar-refractivity contribution in [3.05, 3.63) is 0 Å². The lowest BCUT2D eigenvalue weighted by molar-refractivity contribution is -0.890. The monoisotopic (exact) mass is 568 g/mol. The summed E-state index contributed by atoms with van der Waals surface area (Å²) in [7, 11) is 4.34. The highest BCUT2D eigenvalue weighted by Gasteiger charge is 2.16. The molecule has 0 aliphatic rings. The molecule has 0 saturated carbocycles. The summed E-state index contributed by atoms with van der Waals surface area (Å²) in [5, 5.41) is 3.09. The molecule has 0 aliphatic heterocycles. The molecule has 0 saturated heterocycles. The lowest BCUT2D eigenvalue weighted by Crippen LogP contribution is -2.44. The van der Waals surface area contributed by atoms with Crippen LogP contribution >= 0.6 is 0 Å². The third kappa shape index (κ3) is 29.9. The maximum absolute atomic E-state index is 12.1. The van der Waals surface area contributed by atoms with Crippen molar-refractivity contribution >= 4 is 11.9 Å². The summed E-state index contributed by atoms with van der Waals surface area (Å²) in [6.07, 6.45) is 30.7. The highest BCUT2D eigenvalue weighted by Crippen LogP contribution is 2.13. The lowest BCUT2D eigenvalue weighted by atomic mass is 10.1. The van der Waals surface area contributed by atoms with E-state index < -0.39 is 0 Å². The van der Waals surface area contributed by atoms with E-state index in [9.17, 15) is 9.59 Å². The number of amides is 1. The number of nitrogens with zero attached hydrogens (tertiary/aromatic N) is 1. The van der Waals surface area contributed by atoms with Crippen LogP contribution < -0.4 is 5.32 Å². The molecule has 238 valence electrons. The molecule has 5 nitrogen and oxygen atoms in total. The highest BCUT2D eigenvalue weighted by atomic mass is 16.5. The number of unbranched alkanes of at least 4 members (excludes halogenated alkanes) is 20. The number of nitrogens with one attached hydrogen (secondary N) is 1. The van der Waals surface area contributed by atoms with E-state index in [-0.39, 0.29) is 11.9 Å². The van der Waals surface area contributed by atoms with E-state index in [1.165, 1.54) is 122 Å². The molecule has 0 aliphatic carbocycles. The van der Waals surface area contributed by atoms with Gasteiger partial charge in [0.15, 0.2) is 0 Å². The number of carbonyl (C=O) groups is 2. The molecule has 1 N–H and O–H groups in total. The predicted octanol–water partition coefficient (Wildman–Crippen LogP) is 9.51. The zero-order valence-electron chi connectivity index (χ0n) is 27.7. The van der Waals surface area contributed by atoms with Gasteiger partial charge in [-0.2, -0.15) is 0 Å². The number of esters is 1. The van der Waals surface area contributed by atoms with Gasteiger partial charge in [0.05, 0.1) is 20.6 Å². The molecule has 0 bridgehead atoms. The van der Waals surface area contributed by atoms with Crippen LogP contribution in [0.1, 0.15) is 174 Å². The molecular weight excluding hydrogens is 496 g/mol. The minimum Gasteiger partial charge on any atom is -0.460 e. The summed E-state index contributed by atoms with van der Waals surface area (Å²) < 4.78 is 6.30. The van der Waals surface area contributed by atoms with Crippen molar-refractivity contribution in [1.29, 1.82) is 0 Å². The number of carbonyl (C=O) groups excluding carboxylic acids is 2. The Hall–Kier alpha value is -1.10. The Labute approximate surface area is 250 Å². The summed E-state index contributed by atoms with van der Waals surface area (Å²) in [5.74, 6) is 0.142. The van der Waals surface area contributed by atoms with E-state index in [0.29, 0.717) is 19.4 Å². The van der Waals surface area contributed by atoms with Crippen LogP contribution in [0.4, 0.5) is 0 Å². The molecular formula is C35H71N2O3+. The van der Waals surface area contributed by atoms with E-state index in [0.717, 1.165) is 49.8 Å². The van der Waals surface area contributed by atoms with Crippen molar-refractivity contribution < 1.29 is 18.8 Å². The molecule has 0 atom stereocenters. The zero-order chi connectivity index (χ0) is 29.6. The van der Waals surface area contributed by atoms with Gasteiger partial charge < -0.3 is 14.5 Å². The van der Waals surface area contributed by atoms with Crippen molar-refractivity contribution in [3.8, 4) is 0 Å². The summed E-state index contributed by atoms with van der Waals surface area (Å²) in [4.78, 5) is 24.2. The number of rotatable bonds is 31. The first-order valence-corrected chi connectivity index (χ1v) is 17.7. The third-order valence-corrected chi connectivity index (χ3v) is 8.21. The third-order valence-electron chi connectivity index (χ3n) is 8.21. The first kappa shape index (κ1) is 38.9. The molecule has 0 aromatic heterocycles. The second-order valence-corrected chi connectivity index (χ2v) is 12.9. The Kier molecular flexibility index (Phi) is 28.6. The largest absolute Gasteiger partial charge is 0.460 e. The number of quaternary nitrogens is 1. The molecule has 0 rings (SSSR count). The molecule has 0 unspecified atom stereocenters. The SMILES string of the molecule is CCCCCCCCCCCCCC(=O)NCCC[N+](C)(C)CCOC(=O)CCCCCCCCCCCCC. The first-order valence-electron chi connectivity index (χ1n) is 17.7. The standard InChI is InChI=1S/C35H70N2O3/c1-5-7-9-11-13-15-17-19-21-23-25-28-34(38)36-30-27-31-37(3,4)32-33-40-35(39)29-26-24-22-20-18-16-14-12-10-8-6-2/h5-33H2,1-4H3/p+1. The van der Waals surface area contributed by atoms with Crippen LogP contribution in [-0.2, 0) is 14.3 Å². The van der Waals surface area contributed by atoms with Crippen LogP contribution in [0, 0.1) is 0 Å². The fraction of sp³-hybridized carbons (Fsp3) is 0.943. The van der Waals surface area contributed by atoms with Gasteiger partial charge in [0.2, 0.25) is 5.91 Å². The number of hydrogen-bond acceptors (Lipinski definition) is 3. The number of hydrogen-bond donors (Lipinski definition) is 1. The van der Waals surface area contributed by atoms with Gasteiger partial charge in [0, 0.05) is 25.8 Å². The van der Waals surface area contributed by atoms with Gasteiger partial charge in [-0.05, 0) is 12.8 Å². The molecule has 0 aromatic rings. The fourth-order valence-electron chi connectivity index (χ4n) is 5.30. The van der Waals surface area contributed by atoms with Crippen LogP contribution in [0.5, 0.6) is 0 Å². The van der Waals surface area contributed by atoms with E-state index in [2.05, 4.69) is 33.3 Å². The van der Waals surface area contributed by atoms with Crippen molar-refractivity contribution in [2.75, 3.05) is 40.3 Å². The van der Waals surface area contributed by atoms with Gasteiger partial charge >= 0.3 is 5.97 Å². The molecule has 5 heteroatoms. The molecule has 0 heterocycles. The molecule has 0 aromatic carbocycles. The van der Waals surface area contributed by atoms with Crippen LogP contribution in [-0.4, -0.2) is 56.7 Å². The second-order valence-electron chi connectivity index (χ2n) is 12.9. The van der Waals surface area contributed by atoms with Gasteiger partial charge in [-0.15, -0.1) is 0 Å². The first-order chi connectivity index (χ1) is 19.4. The quantitative estimate of drug-likeness (QED) is 0.0515. The van der Waals surface area contributed by atoms with Gasteiger partial charge in [-0.25, -0.2) is 0 Å². The fourth-order valence-corrected chi connectivity index (χ4v) is 5.30. The van der Waals surface area contributed by atoms with E-state index in [4.69, 9.17) is 4.74 Å². The molecule has 40 heavy (non-hydrogen) atoms. The summed E-state index contributed by atoms with van der Waals surface area (Å²) in [5.41, 5.74) is 0. The van der Waals surface area contributed by atoms with E-state index in [1.807, 2.05) is 0 Å². The van der Waals surface area contributed by atoms with Crippen molar-refractivity contribution in [2.24, 2.45) is 0 Å².